The van der Waals surface area contributed by atoms with E-state index >= 15 is 0 Å². The number of likely N-dealkylation sites (tertiary alicyclic amines) is 1. The number of rotatable bonds is 45. The summed E-state index contributed by atoms with van der Waals surface area (Å²) >= 11 is 3.35. The molecule has 4 atom stereocenters. The maximum absolute atomic E-state index is 14.2. The monoisotopic (exact) mass is 1240 g/mol. The summed E-state index contributed by atoms with van der Waals surface area (Å²) in [5.74, 6) is -4.00. The summed E-state index contributed by atoms with van der Waals surface area (Å²) < 4.78 is 23.8. The molecule has 1 saturated carbocycles. The average Bonchev–Trinajstić information content (AvgIpc) is 1.69. The van der Waals surface area contributed by atoms with Crippen molar-refractivity contribution in [3.63, 3.8) is 0 Å². The number of benzene rings is 1. The number of Topliss-reactive ketones (excluding diaryl/α,β-unsaturated/α-hetero) is 1. The number of amides is 6. The number of ether oxygens (including phenoxy) is 4. The molecule has 6 amide bonds. The molecule has 1 aromatic carbocycles. The molecule has 3 heterocycles. The fraction of sp³-hybridized carbons (Fsp3) is 0.644. The zero-order valence-electron chi connectivity index (χ0n) is 48.7. The third kappa shape index (κ3) is 24.3. The quantitative estimate of drug-likeness (QED) is 0.0200. The van der Waals surface area contributed by atoms with Crippen LogP contribution in [0.3, 0.4) is 0 Å². The Balaban J connectivity index is 0.835. The Bertz CT molecular complexity index is 2660. The van der Waals surface area contributed by atoms with Crippen LogP contribution in [0.5, 0.6) is 0 Å². The van der Waals surface area contributed by atoms with E-state index in [0.717, 1.165) is 50.5 Å². The zero-order chi connectivity index (χ0) is 60.7. The van der Waals surface area contributed by atoms with Crippen molar-refractivity contribution in [2.24, 2.45) is 5.41 Å². The number of ketones is 1. The van der Waals surface area contributed by atoms with Gasteiger partial charge in [0.1, 0.15) is 48.0 Å². The van der Waals surface area contributed by atoms with Crippen LogP contribution in [0.4, 0.5) is 5.82 Å². The number of carbonyl (C=O) groups is 9. The number of carbonyl (C=O) groups excluding carboxylic acids is 7. The number of unbranched alkanes of at least 4 members (excludes halogenated alkanes) is 13. The first-order valence-corrected chi connectivity index (χ1v) is 30.3. The minimum Gasteiger partial charge on any atom is -0.481 e. The maximum atomic E-state index is 14.2. The van der Waals surface area contributed by atoms with Gasteiger partial charge < -0.3 is 60.6 Å². The number of aryl methyl sites for hydroxylation is 1. The number of anilines is 1. The third-order valence-electron chi connectivity index (χ3n) is 14.9. The highest BCUT2D eigenvalue weighted by atomic mass is 79.9. The number of carboxylic acids is 2. The molecule has 24 nitrogen and oxygen atoms in total. The largest absolute Gasteiger partial charge is 0.481 e. The number of halogens is 1. The molecule has 2 fully saturated rings. The van der Waals surface area contributed by atoms with Gasteiger partial charge in [-0.15, -0.1) is 0 Å². The summed E-state index contributed by atoms with van der Waals surface area (Å²) in [5, 5.41) is 37.0. The lowest BCUT2D eigenvalue weighted by molar-refractivity contribution is -0.142. The predicted octanol–water partition coefficient (Wildman–Crippen LogP) is 5.79. The van der Waals surface area contributed by atoms with Crippen molar-refractivity contribution in [2.45, 2.75) is 167 Å². The fourth-order valence-electron chi connectivity index (χ4n) is 10.3. The van der Waals surface area contributed by atoms with E-state index in [9.17, 15) is 48.3 Å². The minimum absolute atomic E-state index is 0.0477. The van der Waals surface area contributed by atoms with Gasteiger partial charge in [-0.2, -0.15) is 5.10 Å². The Hall–Kier alpha value is -6.41. The molecule has 0 unspecified atom stereocenters. The summed E-state index contributed by atoms with van der Waals surface area (Å²) in [6, 6.07) is 8.38. The predicted molar refractivity (Wildman–Crippen MR) is 314 cm³/mol. The van der Waals surface area contributed by atoms with Gasteiger partial charge in [-0.1, -0.05) is 101 Å². The number of hydrogen-bond donors (Lipinski definition) is 7. The van der Waals surface area contributed by atoms with E-state index in [1.54, 1.807) is 35.2 Å². The lowest BCUT2D eigenvalue weighted by atomic mass is 9.99. The van der Waals surface area contributed by atoms with Crippen molar-refractivity contribution in [1.82, 2.24) is 40.9 Å². The lowest BCUT2D eigenvalue weighted by Crippen LogP contribution is -2.47. The lowest BCUT2D eigenvalue weighted by Gasteiger charge is -2.27. The number of para-hydroxylation sites is 1. The number of fused-ring (bicyclic) bond motifs is 2. The second-order valence-corrected chi connectivity index (χ2v) is 22.4. The first-order chi connectivity index (χ1) is 40.5. The molecule has 0 spiro atoms. The molecule has 0 radical (unpaired) electrons. The van der Waals surface area contributed by atoms with Gasteiger partial charge in [0.25, 0.3) is 0 Å². The molecule has 84 heavy (non-hydrogen) atoms. The Morgan fingerprint density at radius 3 is 1.82 bits per heavy atom. The molecule has 1 saturated heterocycles. The summed E-state index contributed by atoms with van der Waals surface area (Å²) in [4.78, 5) is 119. The SMILES string of the molecule is CC(=O)c1nn(CC(=O)N2[C@H](C(=O)Nc3nc(Br)ccc3C)C[C@@]3(CNC(=O)COCCOCCNC(=O)COCCOCCNC(=O)CC[C@H](NC(=O)CCCCCCCCCCCCCCCCC(=O)O)C(=O)O)C[C@@H]23)c2ccccc12. The van der Waals surface area contributed by atoms with E-state index in [1.165, 1.54) is 50.1 Å². The van der Waals surface area contributed by atoms with Crippen LogP contribution < -0.4 is 26.6 Å². The van der Waals surface area contributed by atoms with Crippen molar-refractivity contribution >= 4 is 85.8 Å². The molecule has 7 N–H and O–H groups in total. The van der Waals surface area contributed by atoms with Crippen molar-refractivity contribution in [3.8, 4) is 0 Å². The second-order valence-electron chi connectivity index (χ2n) is 21.6. The number of carboxylic acid groups (broad SMARTS) is 2. The first-order valence-electron chi connectivity index (χ1n) is 29.5. The number of aliphatic carboxylic acids is 2. The van der Waals surface area contributed by atoms with Crippen LogP contribution in [0.25, 0.3) is 10.9 Å². The molecular formula is C59H86BrN9O15. The summed E-state index contributed by atoms with van der Waals surface area (Å²) in [6.45, 7) is 4.12. The number of nitrogens with one attached hydrogen (secondary N) is 5. The highest BCUT2D eigenvalue weighted by Crippen LogP contribution is 2.59. The summed E-state index contributed by atoms with van der Waals surface area (Å²) in [5.41, 5.74) is 1.07. The van der Waals surface area contributed by atoms with Crippen molar-refractivity contribution in [1.29, 1.82) is 0 Å². The van der Waals surface area contributed by atoms with E-state index < -0.39 is 35.3 Å². The molecule has 464 valence electrons. The molecule has 0 bridgehead atoms. The van der Waals surface area contributed by atoms with E-state index in [2.05, 4.69) is 52.6 Å². The normalized spacial score (nSPS) is 16.4. The number of nitrogens with zero attached hydrogens (tertiary/aromatic N) is 4. The highest BCUT2D eigenvalue weighted by molar-refractivity contribution is 9.10. The van der Waals surface area contributed by atoms with Crippen LogP contribution in [-0.4, -0.2) is 174 Å². The van der Waals surface area contributed by atoms with Crippen LogP contribution in [0.2, 0.25) is 0 Å². The fourth-order valence-corrected chi connectivity index (χ4v) is 10.6. The van der Waals surface area contributed by atoms with Gasteiger partial charge in [0.05, 0.1) is 45.2 Å². The smallest absolute Gasteiger partial charge is 0.326 e. The number of aromatic nitrogens is 3. The molecule has 5 rings (SSSR count). The van der Waals surface area contributed by atoms with Crippen LogP contribution in [-0.2, 0) is 63.8 Å². The first kappa shape index (κ1) is 68.4. The van der Waals surface area contributed by atoms with Gasteiger partial charge in [0.2, 0.25) is 35.4 Å². The zero-order valence-corrected chi connectivity index (χ0v) is 50.3. The number of hydrogen-bond acceptors (Lipinski definition) is 15. The van der Waals surface area contributed by atoms with Crippen LogP contribution in [0.1, 0.15) is 151 Å². The molecule has 25 heteroatoms. The Kier molecular flexibility index (Phi) is 30.2. The minimum atomic E-state index is -1.20. The van der Waals surface area contributed by atoms with Crippen molar-refractivity contribution in [3.05, 3.63) is 52.3 Å². The van der Waals surface area contributed by atoms with Gasteiger partial charge in [-0.05, 0) is 72.7 Å². The Morgan fingerprint density at radius 1 is 0.667 bits per heavy atom. The molecule has 1 aliphatic carbocycles. The molecule has 3 aromatic rings. The molecule has 2 aliphatic rings. The summed E-state index contributed by atoms with van der Waals surface area (Å²) in [6.07, 6.45) is 16.1. The van der Waals surface area contributed by atoms with E-state index in [4.69, 9.17) is 24.1 Å². The standard InChI is InChI=1S/C59H86BrN9O15/c1-41-23-25-48(60)65-56(41)66-57(78)46-35-59(36-47(59)69(46)53(75)37-68-45-20-18-17-19-43(45)55(67-68)42(2)70)40-63-52(74)39-84-34-32-82-30-28-62-51(73)38-83-33-31-81-29-27-61-49(71)26-24-44(58(79)80)64-50(72)21-15-13-11-9-7-5-3-4-6-8-10-12-14-16-22-54(76)77/h17-20,23,25,44,46-47H,3-16,21-22,24,26-40H2,1-2H3,(H,61,71)(H,62,73)(H,63,74)(H,64,72)(H,76,77)(H,79,80)(H,65,66,78)/t44-,46-,47+,59-/m0/s1. The number of pyridine rings is 1. The van der Waals surface area contributed by atoms with E-state index in [0.29, 0.717) is 40.6 Å². The Labute approximate surface area is 499 Å². The average molecular weight is 1240 g/mol. The number of piperidine rings is 1. The molecular weight excluding hydrogens is 1150 g/mol. The van der Waals surface area contributed by atoms with E-state index in [1.807, 2.05) is 13.0 Å². The maximum Gasteiger partial charge on any atom is 0.326 e. The van der Waals surface area contributed by atoms with Crippen molar-refractivity contribution < 1.29 is 72.3 Å². The van der Waals surface area contributed by atoms with Gasteiger partial charge in [-0.3, -0.25) is 43.0 Å². The van der Waals surface area contributed by atoms with Crippen molar-refractivity contribution in [2.75, 3.05) is 77.8 Å². The van der Waals surface area contributed by atoms with Gasteiger partial charge >= 0.3 is 11.9 Å². The van der Waals surface area contributed by atoms with Crippen LogP contribution >= 0.6 is 15.9 Å². The second kappa shape index (κ2) is 37.1. The summed E-state index contributed by atoms with van der Waals surface area (Å²) in [7, 11) is 0. The molecule has 2 aromatic heterocycles. The van der Waals surface area contributed by atoms with Gasteiger partial charge in [0.15, 0.2) is 5.78 Å². The van der Waals surface area contributed by atoms with Crippen LogP contribution in [0, 0.1) is 12.3 Å². The topological polar surface area (TPSA) is 325 Å². The van der Waals surface area contributed by atoms with Crippen LogP contribution in [0.15, 0.2) is 41.0 Å². The molecule has 1 aliphatic heterocycles. The Morgan fingerprint density at radius 2 is 1.23 bits per heavy atom. The highest BCUT2D eigenvalue weighted by Gasteiger charge is 2.67. The van der Waals surface area contributed by atoms with Gasteiger partial charge in [0, 0.05) is 62.7 Å². The van der Waals surface area contributed by atoms with E-state index in [-0.39, 0.29) is 152 Å². The van der Waals surface area contributed by atoms with Gasteiger partial charge in [-0.25, -0.2) is 9.78 Å². The third-order valence-corrected chi connectivity index (χ3v) is 15.4.